The number of halogens is 1. The van der Waals surface area contributed by atoms with Crippen LogP contribution in [0.4, 0.5) is 0 Å². The van der Waals surface area contributed by atoms with Gasteiger partial charge in [0.05, 0.1) is 6.61 Å². The predicted octanol–water partition coefficient (Wildman–Crippen LogP) is 4.39. The highest BCUT2D eigenvalue weighted by Crippen LogP contribution is 2.17. The number of hydrogen-bond donors (Lipinski definition) is 1. The molecule has 1 aromatic rings. The Morgan fingerprint density at radius 1 is 1.11 bits per heavy atom. The smallest absolute Gasteiger partial charge is 0.120 e. The van der Waals surface area contributed by atoms with Gasteiger partial charge in [0, 0.05) is 4.47 Å². The first kappa shape index (κ1) is 15.5. The first-order valence-electron chi connectivity index (χ1n) is 6.92. The SMILES string of the molecule is CCCNCCCCCCOc1cccc(Br)c1. The van der Waals surface area contributed by atoms with Gasteiger partial charge in [0.25, 0.3) is 0 Å². The van der Waals surface area contributed by atoms with E-state index in [-0.39, 0.29) is 0 Å². The van der Waals surface area contributed by atoms with Gasteiger partial charge in [0.2, 0.25) is 0 Å². The van der Waals surface area contributed by atoms with Crippen LogP contribution in [-0.2, 0) is 0 Å². The zero-order valence-electron chi connectivity index (χ0n) is 11.3. The van der Waals surface area contributed by atoms with Gasteiger partial charge in [-0.15, -0.1) is 0 Å². The normalized spacial score (nSPS) is 10.6. The summed E-state index contributed by atoms with van der Waals surface area (Å²) in [5.74, 6) is 0.953. The molecule has 3 heteroatoms. The summed E-state index contributed by atoms with van der Waals surface area (Å²) in [6.07, 6.45) is 6.18. The van der Waals surface area contributed by atoms with Crippen molar-refractivity contribution >= 4 is 15.9 Å². The minimum atomic E-state index is 0.818. The molecular weight excluding hydrogens is 290 g/mol. The number of benzene rings is 1. The average molecular weight is 314 g/mol. The summed E-state index contributed by atoms with van der Waals surface area (Å²) in [5, 5.41) is 3.42. The monoisotopic (exact) mass is 313 g/mol. The fourth-order valence-electron chi connectivity index (χ4n) is 1.75. The summed E-state index contributed by atoms with van der Waals surface area (Å²) in [6.45, 7) is 5.32. The van der Waals surface area contributed by atoms with Crippen LogP contribution in [0.5, 0.6) is 5.75 Å². The maximum Gasteiger partial charge on any atom is 0.120 e. The molecule has 0 unspecified atom stereocenters. The Morgan fingerprint density at radius 2 is 1.94 bits per heavy atom. The Hall–Kier alpha value is -0.540. The van der Waals surface area contributed by atoms with Crippen molar-refractivity contribution in [1.82, 2.24) is 5.32 Å². The Labute approximate surface area is 119 Å². The van der Waals surface area contributed by atoms with E-state index in [1.54, 1.807) is 0 Å². The van der Waals surface area contributed by atoms with Gasteiger partial charge in [0.15, 0.2) is 0 Å². The second-order valence-electron chi connectivity index (χ2n) is 4.47. The van der Waals surface area contributed by atoms with E-state index in [1.165, 1.54) is 25.7 Å². The summed E-state index contributed by atoms with van der Waals surface area (Å²) in [4.78, 5) is 0. The number of nitrogens with one attached hydrogen (secondary N) is 1. The third kappa shape index (κ3) is 7.72. The lowest BCUT2D eigenvalue weighted by molar-refractivity contribution is 0.304. The summed E-state index contributed by atoms with van der Waals surface area (Å²) < 4.78 is 6.76. The second kappa shape index (κ2) is 10.4. The van der Waals surface area contributed by atoms with Gasteiger partial charge in [-0.1, -0.05) is 41.8 Å². The molecule has 102 valence electrons. The van der Waals surface area contributed by atoms with Crippen LogP contribution in [-0.4, -0.2) is 19.7 Å². The van der Waals surface area contributed by atoms with Crippen molar-refractivity contribution in [2.45, 2.75) is 39.0 Å². The molecule has 0 fully saturated rings. The molecule has 2 nitrogen and oxygen atoms in total. The summed E-state index contributed by atoms with van der Waals surface area (Å²) >= 11 is 3.44. The van der Waals surface area contributed by atoms with Crippen LogP contribution in [0.3, 0.4) is 0 Å². The van der Waals surface area contributed by atoms with E-state index in [4.69, 9.17) is 4.74 Å². The lowest BCUT2D eigenvalue weighted by Gasteiger charge is -2.06. The minimum Gasteiger partial charge on any atom is -0.494 e. The van der Waals surface area contributed by atoms with Gasteiger partial charge in [-0.25, -0.2) is 0 Å². The second-order valence-corrected chi connectivity index (χ2v) is 5.39. The highest BCUT2D eigenvalue weighted by atomic mass is 79.9. The van der Waals surface area contributed by atoms with E-state index in [2.05, 4.69) is 28.2 Å². The predicted molar refractivity (Wildman–Crippen MR) is 81.3 cm³/mol. The van der Waals surface area contributed by atoms with Gasteiger partial charge >= 0.3 is 0 Å². The quantitative estimate of drug-likeness (QED) is 0.647. The standard InChI is InChI=1S/C15H24BrNO/c1-2-10-17-11-5-3-4-6-12-18-15-9-7-8-14(16)13-15/h7-9,13,17H,2-6,10-12H2,1H3. The molecule has 1 N–H and O–H groups in total. The van der Waals surface area contributed by atoms with Crippen molar-refractivity contribution in [3.63, 3.8) is 0 Å². The van der Waals surface area contributed by atoms with E-state index >= 15 is 0 Å². The molecule has 0 spiro atoms. The van der Waals surface area contributed by atoms with Crippen molar-refractivity contribution in [3.8, 4) is 5.75 Å². The Balaban J connectivity index is 1.92. The first-order valence-corrected chi connectivity index (χ1v) is 7.71. The van der Waals surface area contributed by atoms with E-state index in [9.17, 15) is 0 Å². The molecule has 1 rings (SSSR count). The van der Waals surface area contributed by atoms with Gasteiger partial charge in [-0.05, 0) is 50.6 Å². The largest absolute Gasteiger partial charge is 0.494 e. The van der Waals surface area contributed by atoms with Crippen molar-refractivity contribution in [2.75, 3.05) is 19.7 Å². The molecule has 0 heterocycles. The summed E-state index contributed by atoms with van der Waals surface area (Å²) in [6, 6.07) is 8.02. The highest BCUT2D eigenvalue weighted by molar-refractivity contribution is 9.10. The molecule has 0 atom stereocenters. The minimum absolute atomic E-state index is 0.818. The molecule has 0 radical (unpaired) electrons. The fraction of sp³-hybridized carbons (Fsp3) is 0.600. The number of rotatable bonds is 10. The number of hydrogen-bond acceptors (Lipinski definition) is 2. The van der Waals surface area contributed by atoms with Crippen molar-refractivity contribution in [2.24, 2.45) is 0 Å². The molecule has 0 bridgehead atoms. The Morgan fingerprint density at radius 3 is 2.72 bits per heavy atom. The van der Waals surface area contributed by atoms with Crippen molar-refractivity contribution < 1.29 is 4.74 Å². The molecule has 1 aromatic carbocycles. The third-order valence-corrected chi connectivity index (χ3v) is 3.23. The van der Waals surface area contributed by atoms with Crippen LogP contribution in [0.25, 0.3) is 0 Å². The average Bonchev–Trinajstić information content (AvgIpc) is 2.37. The van der Waals surface area contributed by atoms with Crippen LogP contribution in [0.2, 0.25) is 0 Å². The molecular formula is C15H24BrNO. The molecule has 0 aromatic heterocycles. The van der Waals surface area contributed by atoms with Crippen LogP contribution in [0.15, 0.2) is 28.7 Å². The molecule has 18 heavy (non-hydrogen) atoms. The topological polar surface area (TPSA) is 21.3 Å². The lowest BCUT2D eigenvalue weighted by atomic mass is 10.2. The van der Waals surface area contributed by atoms with Gasteiger partial charge in [0.1, 0.15) is 5.75 Å². The molecule has 0 amide bonds. The van der Waals surface area contributed by atoms with E-state index in [0.29, 0.717) is 0 Å². The van der Waals surface area contributed by atoms with E-state index in [0.717, 1.165) is 36.3 Å². The van der Waals surface area contributed by atoms with Crippen LogP contribution < -0.4 is 10.1 Å². The van der Waals surface area contributed by atoms with E-state index in [1.807, 2.05) is 24.3 Å². The highest BCUT2D eigenvalue weighted by Gasteiger charge is 1.95. The van der Waals surface area contributed by atoms with E-state index < -0.39 is 0 Å². The maximum absolute atomic E-state index is 5.69. The molecule has 0 aliphatic carbocycles. The van der Waals surface area contributed by atoms with Gasteiger partial charge in [-0.3, -0.25) is 0 Å². The van der Waals surface area contributed by atoms with Crippen molar-refractivity contribution in [3.05, 3.63) is 28.7 Å². The van der Waals surface area contributed by atoms with Crippen molar-refractivity contribution in [1.29, 1.82) is 0 Å². The molecule has 0 saturated carbocycles. The number of ether oxygens (including phenoxy) is 1. The first-order chi connectivity index (χ1) is 8.83. The van der Waals surface area contributed by atoms with Gasteiger partial charge in [-0.2, -0.15) is 0 Å². The van der Waals surface area contributed by atoms with Crippen LogP contribution >= 0.6 is 15.9 Å². The summed E-state index contributed by atoms with van der Waals surface area (Å²) in [5.41, 5.74) is 0. The zero-order valence-corrected chi connectivity index (χ0v) is 12.8. The van der Waals surface area contributed by atoms with Gasteiger partial charge < -0.3 is 10.1 Å². The zero-order chi connectivity index (χ0) is 13.1. The summed E-state index contributed by atoms with van der Waals surface area (Å²) in [7, 11) is 0. The number of unbranched alkanes of at least 4 members (excludes halogenated alkanes) is 3. The Kier molecular flexibility index (Phi) is 8.96. The van der Waals surface area contributed by atoms with Crippen LogP contribution in [0, 0.1) is 0 Å². The molecule has 0 saturated heterocycles. The molecule has 0 aliphatic rings. The third-order valence-electron chi connectivity index (χ3n) is 2.74. The maximum atomic E-state index is 5.69. The Bertz CT molecular complexity index is 317. The lowest BCUT2D eigenvalue weighted by Crippen LogP contribution is -2.15. The molecule has 0 aliphatic heterocycles. The van der Waals surface area contributed by atoms with Crippen LogP contribution in [0.1, 0.15) is 39.0 Å². The fourth-order valence-corrected chi connectivity index (χ4v) is 2.13.